The van der Waals surface area contributed by atoms with E-state index in [2.05, 4.69) is 85.8 Å². The Bertz CT molecular complexity index is 2980. The fourth-order valence-corrected chi connectivity index (χ4v) is 12.2. The van der Waals surface area contributed by atoms with Gasteiger partial charge in [0.15, 0.2) is 24.0 Å². The predicted octanol–water partition coefficient (Wildman–Crippen LogP) is 9.88. The summed E-state index contributed by atoms with van der Waals surface area (Å²) < 4.78 is 17.3. The third-order valence-electron chi connectivity index (χ3n) is 16.7. The highest BCUT2D eigenvalue weighted by Crippen LogP contribution is 2.37. The Labute approximate surface area is 529 Å². The van der Waals surface area contributed by atoms with Gasteiger partial charge < -0.3 is 56.1 Å². The fourth-order valence-electron chi connectivity index (χ4n) is 11.9. The molecule has 4 atom stereocenters. The minimum atomic E-state index is -0.594. The van der Waals surface area contributed by atoms with Crippen LogP contribution in [0.1, 0.15) is 111 Å². The summed E-state index contributed by atoms with van der Waals surface area (Å²) in [6.07, 6.45) is 4.09. The Hall–Kier alpha value is -6.85. The van der Waals surface area contributed by atoms with Crippen molar-refractivity contribution in [3.8, 4) is 0 Å². The maximum Gasteiger partial charge on any atom is 0.333 e. The highest BCUT2D eigenvalue weighted by atomic mass is 79.9. The van der Waals surface area contributed by atoms with Gasteiger partial charge in [-0.15, -0.1) is 0 Å². The van der Waals surface area contributed by atoms with Gasteiger partial charge >= 0.3 is 17.9 Å². The number of para-hydroxylation sites is 2. The van der Waals surface area contributed by atoms with E-state index >= 15 is 0 Å². The van der Waals surface area contributed by atoms with E-state index in [1.54, 1.807) is 6.92 Å². The largest absolute Gasteiger partial charge is 1.00 e. The SMILES string of the molecule is CCN(CC)c1ccc(C(=O)CBr)cc1.CCN(CC)c1ccc(C(=O)C[N+]23CCC(CC2)[C@@H](OC(=O)[C@H](Nc2ccccc2)c2ccccc2)C3)cc1.CCOC(C)=O.O=C(O[C@H]1CN2CCC1CC2)[C@H](Nc1ccccc1)c1ccccc1.[Br-]. The lowest BCUT2D eigenvalue weighted by atomic mass is 9.82. The van der Waals surface area contributed by atoms with Crippen LogP contribution in [0.2, 0.25) is 0 Å². The Morgan fingerprint density at radius 2 is 0.942 bits per heavy atom. The van der Waals surface area contributed by atoms with E-state index in [9.17, 15) is 24.0 Å². The Morgan fingerprint density at radius 1 is 0.547 bits per heavy atom. The summed E-state index contributed by atoms with van der Waals surface area (Å²) in [4.78, 5) is 68.1. The molecule has 0 spiro atoms. The van der Waals surface area contributed by atoms with Crippen LogP contribution in [0, 0.1) is 11.8 Å². The number of halogens is 2. The number of nitrogens with one attached hydrogen (secondary N) is 2. The minimum absolute atomic E-state index is 0. The second-order valence-electron chi connectivity index (χ2n) is 22.1. The summed E-state index contributed by atoms with van der Waals surface area (Å²) in [6.45, 7) is 22.3. The zero-order valence-electron chi connectivity index (χ0n) is 51.0. The number of ketones is 2. The number of nitrogens with zero attached hydrogens (tertiary/aromatic N) is 4. The van der Waals surface area contributed by atoms with Crippen molar-refractivity contribution >= 4 is 68.2 Å². The van der Waals surface area contributed by atoms with Crippen LogP contribution in [0.5, 0.6) is 0 Å². The molecule has 6 aliphatic heterocycles. The number of hydrogen-bond donors (Lipinski definition) is 2. The quantitative estimate of drug-likeness (QED) is 0.0219. The molecule has 0 amide bonds. The van der Waals surface area contributed by atoms with Gasteiger partial charge in [-0.1, -0.05) is 113 Å². The van der Waals surface area contributed by atoms with Gasteiger partial charge in [-0.05, 0) is 150 Å². The maximum atomic E-state index is 13.6. The zero-order valence-corrected chi connectivity index (χ0v) is 54.1. The molecule has 6 heterocycles. The van der Waals surface area contributed by atoms with Crippen molar-refractivity contribution in [3.63, 3.8) is 0 Å². The van der Waals surface area contributed by atoms with Crippen molar-refractivity contribution in [1.82, 2.24) is 4.90 Å². The van der Waals surface area contributed by atoms with Gasteiger partial charge in [0, 0.05) is 92.3 Å². The number of alkyl halides is 1. The molecule has 2 N–H and O–H groups in total. The molecular weight excluding hydrogens is 1210 g/mol. The topological polar surface area (TPSA) is 147 Å². The number of rotatable bonds is 22. The van der Waals surface area contributed by atoms with Crippen LogP contribution >= 0.6 is 15.9 Å². The van der Waals surface area contributed by atoms with Crippen molar-refractivity contribution in [3.05, 3.63) is 192 Å². The van der Waals surface area contributed by atoms with Crippen LogP contribution in [0.15, 0.2) is 170 Å². The second-order valence-corrected chi connectivity index (χ2v) is 22.7. The smallest absolute Gasteiger partial charge is 0.333 e. The predicted molar refractivity (Wildman–Crippen MR) is 345 cm³/mol. The molecule has 460 valence electrons. The molecule has 6 aromatic rings. The van der Waals surface area contributed by atoms with Gasteiger partial charge in [0.25, 0.3) is 0 Å². The van der Waals surface area contributed by atoms with Crippen LogP contribution in [-0.4, -0.2) is 135 Å². The summed E-state index contributed by atoms with van der Waals surface area (Å²) in [5.74, 6) is 0.500. The van der Waals surface area contributed by atoms with Crippen molar-refractivity contribution in [2.24, 2.45) is 11.8 Å². The number of piperidine rings is 6. The van der Waals surface area contributed by atoms with E-state index in [1.807, 2.05) is 158 Å². The number of quaternary nitrogens is 1. The normalized spacial score (nSPS) is 20.1. The van der Waals surface area contributed by atoms with E-state index in [4.69, 9.17) is 9.47 Å². The number of anilines is 4. The van der Waals surface area contributed by atoms with E-state index in [0.29, 0.717) is 41.3 Å². The van der Waals surface area contributed by atoms with Crippen LogP contribution in [0.4, 0.5) is 22.7 Å². The Balaban J connectivity index is 0.000000214. The van der Waals surface area contributed by atoms with Gasteiger partial charge in [0.2, 0.25) is 5.78 Å². The lowest BCUT2D eigenvalue weighted by Crippen LogP contribution is -3.00. The van der Waals surface area contributed by atoms with Crippen molar-refractivity contribution in [2.45, 2.75) is 91.5 Å². The number of carbonyl (C=O) groups excluding carboxylic acids is 5. The molecular formula is C70H88Br2N6O8. The highest BCUT2D eigenvalue weighted by molar-refractivity contribution is 9.09. The Kier molecular flexibility index (Phi) is 27.8. The number of hydrogen-bond acceptors (Lipinski definition) is 13. The van der Waals surface area contributed by atoms with E-state index in [-0.39, 0.29) is 58.7 Å². The van der Waals surface area contributed by atoms with Gasteiger partial charge in [-0.3, -0.25) is 19.3 Å². The fraction of sp³-hybridized carbons (Fsp3) is 0.414. The molecule has 0 radical (unpaired) electrons. The molecule has 6 aromatic carbocycles. The van der Waals surface area contributed by atoms with Crippen LogP contribution in [-0.2, 0) is 28.6 Å². The first-order chi connectivity index (χ1) is 41.3. The van der Waals surface area contributed by atoms with Gasteiger partial charge in [0.1, 0.15) is 19.2 Å². The first-order valence-corrected chi connectivity index (χ1v) is 31.6. The standard InChI is InChI=1S/C33H40N3O3.C21H24N2O2.C12H16BrNO.C4H8O2.BrH/c1-3-35(4-2)29-17-15-25(16-18-29)30(37)23-36-21-19-26(20-22-36)31(24-36)39-33(38)32(27-11-7-5-8-12-27)34-28-13-9-6-10-14-28;24-21(25-19-15-23-13-11-16(19)12-14-23)20(17-7-3-1-4-8-17)22-18-9-5-2-6-10-18;1-3-14(4-2)11-7-5-10(6-8-11)12(15)9-13;1-3-6-4(2)5;/h5-18,26,31-32,34H,3-4,19-24H2,1-2H3;1-10,16,19-20,22H,11-15H2;5-8H,3-4,9H2,1-2H3;3H2,1-2H3;1H/q+1;;;;/p-1/t26?,31-,32+,36?;19-,20+;;;/m00.../s1. The summed E-state index contributed by atoms with van der Waals surface area (Å²) in [5, 5.41) is 7.10. The van der Waals surface area contributed by atoms with E-state index < -0.39 is 12.1 Å². The van der Waals surface area contributed by atoms with Gasteiger partial charge in [-0.2, -0.15) is 0 Å². The number of esters is 3. The molecule has 0 saturated carbocycles. The molecule has 16 heteroatoms. The average molecular weight is 1300 g/mol. The summed E-state index contributed by atoms with van der Waals surface area (Å²) in [6, 6.07) is 53.9. The lowest BCUT2D eigenvalue weighted by Gasteiger charge is -2.51. The minimum Gasteiger partial charge on any atom is -1.00 e. The summed E-state index contributed by atoms with van der Waals surface area (Å²) in [7, 11) is 0. The molecule has 4 bridgehead atoms. The third kappa shape index (κ3) is 19.8. The van der Waals surface area contributed by atoms with Crippen LogP contribution < -0.4 is 37.4 Å². The molecule has 0 aliphatic carbocycles. The number of fused-ring (bicyclic) bond motifs is 6. The molecule has 0 aromatic heterocycles. The number of benzene rings is 6. The van der Waals surface area contributed by atoms with Gasteiger partial charge in [-0.25, -0.2) is 9.59 Å². The molecule has 0 unspecified atom stereocenters. The molecule has 6 aliphatic rings. The van der Waals surface area contributed by atoms with Crippen LogP contribution in [0.3, 0.4) is 0 Å². The molecule has 6 saturated heterocycles. The first kappa shape index (κ1) is 68.3. The first-order valence-electron chi connectivity index (χ1n) is 30.5. The van der Waals surface area contributed by atoms with Crippen molar-refractivity contribution in [2.75, 3.05) is 104 Å². The average Bonchev–Trinajstić information content (AvgIpc) is 1.40. The summed E-state index contributed by atoms with van der Waals surface area (Å²) in [5.41, 5.74) is 7.44. The maximum absolute atomic E-state index is 13.6. The zero-order chi connectivity index (χ0) is 60.6. The highest BCUT2D eigenvalue weighted by Gasteiger charge is 2.49. The molecule has 14 nitrogen and oxygen atoms in total. The molecule has 86 heavy (non-hydrogen) atoms. The van der Waals surface area contributed by atoms with Gasteiger partial charge in [0.05, 0.1) is 25.0 Å². The van der Waals surface area contributed by atoms with Crippen LogP contribution in [0.25, 0.3) is 0 Å². The molecule has 6 fully saturated rings. The third-order valence-corrected chi connectivity index (χ3v) is 17.2. The van der Waals surface area contributed by atoms with E-state index in [0.717, 1.165) is 124 Å². The van der Waals surface area contributed by atoms with E-state index in [1.165, 1.54) is 12.6 Å². The molecule has 12 rings (SSSR count). The van der Waals surface area contributed by atoms with Crippen molar-refractivity contribution < 1.29 is 59.6 Å². The lowest BCUT2D eigenvalue weighted by molar-refractivity contribution is -0.938. The van der Waals surface area contributed by atoms with Crippen molar-refractivity contribution in [1.29, 1.82) is 0 Å². The summed E-state index contributed by atoms with van der Waals surface area (Å²) >= 11 is 3.17. The number of carbonyl (C=O) groups is 5. The Morgan fingerprint density at radius 3 is 1.30 bits per heavy atom. The monoisotopic (exact) mass is 1300 g/mol. The second kappa shape index (κ2) is 35.1. The number of ether oxygens (including phenoxy) is 3. The number of Topliss-reactive ketones (excluding diaryl/α,β-unsaturated/α-hetero) is 2.